The van der Waals surface area contributed by atoms with Gasteiger partial charge in [0.25, 0.3) is 0 Å². The van der Waals surface area contributed by atoms with Gasteiger partial charge in [-0.05, 0) is 45.4 Å². The highest BCUT2D eigenvalue weighted by atomic mass is 32.2. The lowest BCUT2D eigenvalue weighted by Gasteiger charge is -2.17. The summed E-state index contributed by atoms with van der Waals surface area (Å²) in [6.45, 7) is 7.73. The second-order valence-electron chi connectivity index (χ2n) is 6.09. The third-order valence-corrected chi connectivity index (χ3v) is 6.99. The molecule has 1 aliphatic carbocycles. The molecule has 1 aromatic heterocycles. The summed E-state index contributed by atoms with van der Waals surface area (Å²) in [5.74, 6) is 1.15. The molecule has 112 valence electrons. The van der Waals surface area contributed by atoms with E-state index in [1.54, 1.807) is 15.9 Å². The third-order valence-electron chi connectivity index (χ3n) is 4.91. The molecule has 2 aliphatic rings. The van der Waals surface area contributed by atoms with Crippen LogP contribution in [0.25, 0.3) is 0 Å². The van der Waals surface area contributed by atoms with Crippen LogP contribution in [0.2, 0.25) is 0 Å². The Labute approximate surface area is 121 Å². The quantitative estimate of drug-likeness (QED) is 0.857. The molecule has 2 unspecified atom stereocenters. The number of aryl methyl sites for hydroxylation is 2. The van der Waals surface area contributed by atoms with E-state index in [-0.39, 0.29) is 0 Å². The molecular weight excluding hydrogens is 274 g/mol. The van der Waals surface area contributed by atoms with E-state index >= 15 is 0 Å². The molecule has 5 nitrogen and oxygen atoms in total. The monoisotopic (exact) mass is 297 g/mol. The largest absolute Gasteiger partial charge is 0.268 e. The summed E-state index contributed by atoms with van der Waals surface area (Å²) in [5, 5.41) is 4.35. The first-order valence-electron chi connectivity index (χ1n) is 7.49. The smallest absolute Gasteiger partial charge is 0.246 e. The Hall–Kier alpha value is -0.880. The fraction of sp³-hybridized carbons (Fsp3) is 0.786. The van der Waals surface area contributed by atoms with Gasteiger partial charge < -0.3 is 0 Å². The molecule has 0 radical (unpaired) electrons. The van der Waals surface area contributed by atoms with E-state index in [4.69, 9.17) is 0 Å². The Morgan fingerprint density at radius 2 is 1.80 bits per heavy atom. The van der Waals surface area contributed by atoms with Crippen molar-refractivity contribution in [2.24, 2.45) is 11.8 Å². The molecule has 1 saturated carbocycles. The summed E-state index contributed by atoms with van der Waals surface area (Å²) in [6, 6.07) is 0. The van der Waals surface area contributed by atoms with Gasteiger partial charge in [-0.1, -0.05) is 6.42 Å². The fourth-order valence-electron chi connectivity index (χ4n) is 3.88. The number of aromatic nitrogens is 2. The molecule has 0 aromatic carbocycles. The first-order chi connectivity index (χ1) is 9.45. The average Bonchev–Trinajstić information content (AvgIpc) is 3.01. The number of nitrogens with zero attached hydrogens (tertiary/aromatic N) is 3. The second kappa shape index (κ2) is 4.84. The summed E-state index contributed by atoms with van der Waals surface area (Å²) in [5.41, 5.74) is 1.39. The lowest BCUT2D eigenvalue weighted by Crippen LogP contribution is -2.30. The lowest BCUT2D eigenvalue weighted by atomic mass is 10.0. The van der Waals surface area contributed by atoms with Crippen molar-refractivity contribution < 1.29 is 8.42 Å². The zero-order valence-corrected chi connectivity index (χ0v) is 13.3. The Bertz CT molecular complexity index is 609. The van der Waals surface area contributed by atoms with Crippen molar-refractivity contribution in [3.63, 3.8) is 0 Å². The molecule has 0 spiro atoms. The van der Waals surface area contributed by atoms with Crippen molar-refractivity contribution in [2.75, 3.05) is 13.1 Å². The van der Waals surface area contributed by atoms with Crippen LogP contribution in [0.5, 0.6) is 0 Å². The maximum Gasteiger partial charge on any atom is 0.246 e. The molecule has 2 atom stereocenters. The van der Waals surface area contributed by atoms with Gasteiger partial charge in [0.05, 0.1) is 11.4 Å². The van der Waals surface area contributed by atoms with Crippen LogP contribution in [-0.4, -0.2) is 35.6 Å². The average molecular weight is 297 g/mol. The molecule has 3 rings (SSSR count). The van der Waals surface area contributed by atoms with Gasteiger partial charge in [0.1, 0.15) is 4.90 Å². The van der Waals surface area contributed by atoms with Crippen molar-refractivity contribution in [1.82, 2.24) is 14.1 Å². The SMILES string of the molecule is CCn1nc(C)c(S(=O)(=O)N2CC3CCCC3C2)c1C. The molecule has 20 heavy (non-hydrogen) atoms. The predicted octanol–water partition coefficient (Wildman–Crippen LogP) is 1.94. The van der Waals surface area contributed by atoms with Crippen molar-refractivity contribution in [2.45, 2.75) is 51.5 Å². The van der Waals surface area contributed by atoms with Gasteiger partial charge in [-0.3, -0.25) is 4.68 Å². The highest BCUT2D eigenvalue weighted by molar-refractivity contribution is 7.89. The third kappa shape index (κ3) is 2.00. The van der Waals surface area contributed by atoms with Gasteiger partial charge >= 0.3 is 0 Å². The molecule has 1 aliphatic heterocycles. The van der Waals surface area contributed by atoms with E-state index in [1.807, 2.05) is 13.8 Å². The molecule has 0 N–H and O–H groups in total. The van der Waals surface area contributed by atoms with E-state index in [2.05, 4.69) is 5.10 Å². The topological polar surface area (TPSA) is 55.2 Å². The molecule has 2 fully saturated rings. The van der Waals surface area contributed by atoms with Crippen molar-refractivity contribution >= 4 is 10.0 Å². The second-order valence-corrected chi connectivity index (χ2v) is 7.96. The van der Waals surface area contributed by atoms with Crippen LogP contribution >= 0.6 is 0 Å². The first kappa shape index (κ1) is 14.1. The molecule has 0 amide bonds. The van der Waals surface area contributed by atoms with Gasteiger partial charge in [0.2, 0.25) is 10.0 Å². The van der Waals surface area contributed by atoms with Gasteiger partial charge in [0, 0.05) is 19.6 Å². The van der Waals surface area contributed by atoms with E-state index in [0.29, 0.717) is 42.1 Å². The number of sulfonamides is 1. The predicted molar refractivity (Wildman–Crippen MR) is 77.0 cm³/mol. The lowest BCUT2D eigenvalue weighted by molar-refractivity contribution is 0.444. The highest BCUT2D eigenvalue weighted by Crippen LogP contribution is 2.40. The van der Waals surface area contributed by atoms with Crippen LogP contribution in [0.4, 0.5) is 0 Å². The van der Waals surface area contributed by atoms with Gasteiger partial charge in [0.15, 0.2) is 0 Å². The summed E-state index contributed by atoms with van der Waals surface area (Å²) >= 11 is 0. The Morgan fingerprint density at radius 1 is 1.20 bits per heavy atom. The summed E-state index contributed by atoms with van der Waals surface area (Å²) < 4.78 is 29.3. The van der Waals surface area contributed by atoms with Crippen LogP contribution in [-0.2, 0) is 16.6 Å². The fourth-order valence-corrected chi connectivity index (χ4v) is 5.81. The Kier molecular flexibility index (Phi) is 3.41. The van der Waals surface area contributed by atoms with Gasteiger partial charge in [-0.2, -0.15) is 9.40 Å². The number of rotatable bonds is 3. The van der Waals surface area contributed by atoms with Crippen LogP contribution in [0.1, 0.15) is 37.6 Å². The zero-order valence-electron chi connectivity index (χ0n) is 12.5. The number of hydrogen-bond donors (Lipinski definition) is 0. The van der Waals surface area contributed by atoms with Crippen molar-refractivity contribution in [3.05, 3.63) is 11.4 Å². The van der Waals surface area contributed by atoms with Crippen molar-refractivity contribution in [1.29, 1.82) is 0 Å². The van der Waals surface area contributed by atoms with E-state index in [9.17, 15) is 8.42 Å². The first-order valence-corrected chi connectivity index (χ1v) is 8.93. The maximum absolute atomic E-state index is 12.9. The summed E-state index contributed by atoms with van der Waals surface area (Å²) in [4.78, 5) is 0.430. The summed E-state index contributed by atoms with van der Waals surface area (Å²) in [6.07, 6.45) is 3.63. The maximum atomic E-state index is 12.9. The van der Waals surface area contributed by atoms with Gasteiger partial charge in [-0.15, -0.1) is 0 Å². The normalized spacial score (nSPS) is 27.1. The van der Waals surface area contributed by atoms with Crippen molar-refractivity contribution in [3.8, 4) is 0 Å². The molecule has 0 bridgehead atoms. The Balaban J connectivity index is 1.95. The Morgan fingerprint density at radius 3 is 2.30 bits per heavy atom. The minimum absolute atomic E-state index is 0.430. The minimum atomic E-state index is -3.38. The molecular formula is C14H23N3O2S. The van der Waals surface area contributed by atoms with Crippen LogP contribution in [0.15, 0.2) is 4.90 Å². The number of fused-ring (bicyclic) bond motifs is 1. The van der Waals surface area contributed by atoms with Gasteiger partial charge in [-0.25, -0.2) is 8.42 Å². The number of hydrogen-bond acceptors (Lipinski definition) is 3. The van der Waals surface area contributed by atoms with Crippen LogP contribution < -0.4 is 0 Å². The van der Waals surface area contributed by atoms with Crippen LogP contribution in [0.3, 0.4) is 0 Å². The molecule has 1 aromatic rings. The summed E-state index contributed by atoms with van der Waals surface area (Å²) in [7, 11) is -3.38. The molecule has 1 saturated heterocycles. The molecule has 2 heterocycles. The van der Waals surface area contributed by atoms with E-state index in [1.165, 1.54) is 19.3 Å². The van der Waals surface area contributed by atoms with E-state index < -0.39 is 10.0 Å². The van der Waals surface area contributed by atoms with E-state index in [0.717, 1.165) is 5.69 Å². The standard InChI is InChI=1S/C14H23N3O2S/c1-4-17-11(3)14(10(2)15-17)20(18,19)16-8-12-6-5-7-13(12)9-16/h12-13H,4-9H2,1-3H3. The highest BCUT2D eigenvalue weighted by Gasteiger charge is 2.42. The minimum Gasteiger partial charge on any atom is -0.268 e. The van der Waals surface area contributed by atoms with Crippen LogP contribution in [0, 0.1) is 25.7 Å². The molecule has 6 heteroatoms. The zero-order chi connectivity index (χ0) is 14.5.